The molecule has 3 nitrogen and oxygen atoms in total. The number of hydrogen-bond acceptors (Lipinski definition) is 3. The normalized spacial score (nSPS) is 11.2. The Hall–Kier alpha value is -0.510. The highest BCUT2D eigenvalue weighted by atomic mass is 35.5. The average molecular weight is 231 g/mol. The summed E-state index contributed by atoms with van der Waals surface area (Å²) < 4.78 is 5.23. The molecule has 4 heteroatoms. The van der Waals surface area contributed by atoms with Crippen LogP contribution in [0.1, 0.15) is 19.6 Å². The second-order valence-electron chi connectivity index (χ2n) is 3.41. The predicted molar refractivity (Wildman–Crippen MR) is 63.2 cm³/mol. The lowest BCUT2D eigenvalue weighted by Gasteiger charge is -2.17. The van der Waals surface area contributed by atoms with E-state index >= 15 is 0 Å². The number of furan rings is 1. The zero-order valence-electron chi connectivity index (χ0n) is 9.42. The minimum atomic E-state index is 0.454. The molecule has 15 heavy (non-hydrogen) atoms. The maximum Gasteiger partial charge on any atom is 0.193 e. The third-order valence-corrected chi connectivity index (χ3v) is 2.63. The third-order valence-electron chi connectivity index (χ3n) is 2.43. The van der Waals surface area contributed by atoms with Crippen LogP contribution in [0.15, 0.2) is 16.5 Å². The highest BCUT2D eigenvalue weighted by molar-refractivity contribution is 6.28. The quantitative estimate of drug-likeness (QED) is 0.729. The first-order chi connectivity index (χ1) is 7.26. The summed E-state index contributed by atoms with van der Waals surface area (Å²) in [5, 5.41) is 3.77. The fraction of sp³-hybridized carbons (Fsp3) is 0.636. The molecule has 0 aromatic carbocycles. The number of nitrogens with one attached hydrogen (secondary N) is 1. The van der Waals surface area contributed by atoms with E-state index in [1.807, 2.05) is 6.07 Å². The summed E-state index contributed by atoms with van der Waals surface area (Å²) in [5.41, 5.74) is 0. The van der Waals surface area contributed by atoms with Gasteiger partial charge >= 0.3 is 0 Å². The largest absolute Gasteiger partial charge is 0.448 e. The maximum atomic E-state index is 5.67. The molecule has 0 spiro atoms. The van der Waals surface area contributed by atoms with Gasteiger partial charge in [0, 0.05) is 13.1 Å². The van der Waals surface area contributed by atoms with Crippen molar-refractivity contribution in [1.82, 2.24) is 10.2 Å². The monoisotopic (exact) mass is 230 g/mol. The molecule has 1 aromatic heterocycles. The number of likely N-dealkylation sites (N-methyl/N-ethyl adjacent to an activating group) is 1. The van der Waals surface area contributed by atoms with E-state index in [4.69, 9.17) is 16.0 Å². The first-order valence-electron chi connectivity index (χ1n) is 5.43. The van der Waals surface area contributed by atoms with Crippen molar-refractivity contribution >= 4 is 11.6 Å². The third kappa shape index (κ3) is 4.69. The molecule has 1 heterocycles. The van der Waals surface area contributed by atoms with E-state index in [0.717, 1.165) is 38.5 Å². The molecule has 0 unspecified atom stereocenters. The predicted octanol–water partition coefficient (Wildman–Crippen LogP) is 2.36. The van der Waals surface area contributed by atoms with Gasteiger partial charge in [-0.2, -0.15) is 0 Å². The molecule has 86 valence electrons. The van der Waals surface area contributed by atoms with Gasteiger partial charge in [0.05, 0.1) is 6.54 Å². The molecule has 1 N–H and O–H groups in total. The molecule has 0 atom stereocenters. The summed E-state index contributed by atoms with van der Waals surface area (Å²) in [4.78, 5) is 2.38. The van der Waals surface area contributed by atoms with Gasteiger partial charge in [-0.05, 0) is 36.8 Å². The Balaban J connectivity index is 2.11. The van der Waals surface area contributed by atoms with Gasteiger partial charge in [-0.25, -0.2) is 0 Å². The van der Waals surface area contributed by atoms with Crippen LogP contribution in [-0.4, -0.2) is 31.1 Å². The van der Waals surface area contributed by atoms with Crippen LogP contribution >= 0.6 is 11.6 Å². The van der Waals surface area contributed by atoms with Crippen molar-refractivity contribution in [3.63, 3.8) is 0 Å². The summed E-state index contributed by atoms with van der Waals surface area (Å²) in [7, 11) is 0. The van der Waals surface area contributed by atoms with E-state index in [-0.39, 0.29) is 0 Å². The molecule has 0 aliphatic carbocycles. The maximum absolute atomic E-state index is 5.67. The molecule has 0 saturated heterocycles. The molecular weight excluding hydrogens is 212 g/mol. The lowest BCUT2D eigenvalue weighted by atomic mass is 10.4. The van der Waals surface area contributed by atoms with Gasteiger partial charge in [-0.15, -0.1) is 0 Å². The Bertz CT molecular complexity index is 271. The minimum absolute atomic E-state index is 0.454. The van der Waals surface area contributed by atoms with Gasteiger partial charge in [0.25, 0.3) is 0 Å². The van der Waals surface area contributed by atoms with Crippen LogP contribution in [0.25, 0.3) is 0 Å². The fourth-order valence-electron chi connectivity index (χ4n) is 1.44. The summed E-state index contributed by atoms with van der Waals surface area (Å²) in [6.07, 6.45) is 0. The number of hydrogen-bond donors (Lipinski definition) is 1. The van der Waals surface area contributed by atoms with Crippen molar-refractivity contribution in [2.45, 2.75) is 20.4 Å². The standard InChI is InChI=1S/C11H19ClN2O/c1-3-14(4-2)8-7-13-9-10-5-6-11(12)15-10/h5-6,13H,3-4,7-9H2,1-2H3. The van der Waals surface area contributed by atoms with Gasteiger partial charge in [-0.1, -0.05) is 13.8 Å². The lowest BCUT2D eigenvalue weighted by Crippen LogP contribution is -2.31. The summed E-state index contributed by atoms with van der Waals surface area (Å²) in [6.45, 7) is 9.34. The number of halogens is 1. The topological polar surface area (TPSA) is 28.4 Å². The van der Waals surface area contributed by atoms with Gasteiger partial charge in [0.15, 0.2) is 5.22 Å². The van der Waals surface area contributed by atoms with Crippen LogP contribution in [0.2, 0.25) is 5.22 Å². The van der Waals surface area contributed by atoms with E-state index in [9.17, 15) is 0 Å². The average Bonchev–Trinajstić information content (AvgIpc) is 2.65. The Kier molecular flexibility index (Phi) is 5.76. The van der Waals surface area contributed by atoms with Gasteiger partial charge in [0.2, 0.25) is 0 Å². The van der Waals surface area contributed by atoms with Gasteiger partial charge in [0.1, 0.15) is 5.76 Å². The molecule has 0 fully saturated rings. The summed E-state index contributed by atoms with van der Waals surface area (Å²) >= 11 is 5.67. The van der Waals surface area contributed by atoms with Gasteiger partial charge in [-0.3, -0.25) is 0 Å². The lowest BCUT2D eigenvalue weighted by molar-refractivity contribution is 0.300. The first kappa shape index (κ1) is 12.6. The molecular formula is C11H19ClN2O. The smallest absolute Gasteiger partial charge is 0.193 e. The molecule has 1 aromatic rings. The Morgan fingerprint density at radius 2 is 2.07 bits per heavy atom. The zero-order chi connectivity index (χ0) is 11.1. The molecule has 0 radical (unpaired) electrons. The van der Waals surface area contributed by atoms with Crippen LogP contribution < -0.4 is 5.32 Å². The molecule has 0 bridgehead atoms. The van der Waals surface area contributed by atoms with E-state index in [1.165, 1.54) is 0 Å². The van der Waals surface area contributed by atoms with E-state index in [2.05, 4.69) is 24.1 Å². The van der Waals surface area contributed by atoms with Crippen LogP contribution in [0.5, 0.6) is 0 Å². The Morgan fingerprint density at radius 3 is 2.60 bits per heavy atom. The Morgan fingerprint density at radius 1 is 1.33 bits per heavy atom. The minimum Gasteiger partial charge on any atom is -0.448 e. The second-order valence-corrected chi connectivity index (χ2v) is 3.78. The highest BCUT2D eigenvalue weighted by Crippen LogP contribution is 2.12. The number of nitrogens with zero attached hydrogens (tertiary/aromatic N) is 1. The van der Waals surface area contributed by atoms with E-state index in [0.29, 0.717) is 5.22 Å². The van der Waals surface area contributed by atoms with Crippen molar-refractivity contribution in [1.29, 1.82) is 0 Å². The van der Waals surface area contributed by atoms with Crippen LogP contribution in [0.3, 0.4) is 0 Å². The SMILES string of the molecule is CCN(CC)CCNCc1ccc(Cl)o1. The van der Waals surface area contributed by atoms with Crippen molar-refractivity contribution in [3.8, 4) is 0 Å². The van der Waals surface area contributed by atoms with Crippen LogP contribution in [0, 0.1) is 0 Å². The van der Waals surface area contributed by atoms with Crippen LogP contribution in [-0.2, 0) is 6.54 Å². The zero-order valence-corrected chi connectivity index (χ0v) is 10.2. The summed E-state index contributed by atoms with van der Waals surface area (Å²) in [5.74, 6) is 0.888. The molecule has 1 rings (SSSR count). The Labute approximate surface area is 96.4 Å². The summed E-state index contributed by atoms with van der Waals surface area (Å²) in [6, 6.07) is 3.66. The molecule has 0 aliphatic rings. The molecule has 0 amide bonds. The highest BCUT2D eigenvalue weighted by Gasteiger charge is 2.00. The fourth-order valence-corrected chi connectivity index (χ4v) is 1.60. The number of rotatable bonds is 7. The van der Waals surface area contributed by atoms with Crippen molar-refractivity contribution in [2.75, 3.05) is 26.2 Å². The molecule has 0 saturated carbocycles. The van der Waals surface area contributed by atoms with Gasteiger partial charge < -0.3 is 14.6 Å². The second kappa shape index (κ2) is 6.88. The van der Waals surface area contributed by atoms with Crippen molar-refractivity contribution in [3.05, 3.63) is 23.1 Å². The van der Waals surface area contributed by atoms with Crippen LogP contribution in [0.4, 0.5) is 0 Å². The first-order valence-corrected chi connectivity index (χ1v) is 5.81. The molecule has 0 aliphatic heterocycles. The van der Waals surface area contributed by atoms with E-state index in [1.54, 1.807) is 6.07 Å². The van der Waals surface area contributed by atoms with E-state index < -0.39 is 0 Å². The van der Waals surface area contributed by atoms with Crippen molar-refractivity contribution in [2.24, 2.45) is 0 Å². The van der Waals surface area contributed by atoms with Crippen molar-refractivity contribution < 1.29 is 4.42 Å².